The van der Waals surface area contributed by atoms with Crippen molar-refractivity contribution in [2.45, 2.75) is 64.0 Å². The molecule has 1 atom stereocenters. The average Bonchev–Trinajstić information content (AvgIpc) is 3.26. The molecule has 0 spiro atoms. The number of fused-ring (bicyclic) bond motifs is 3. The molecule has 0 unspecified atom stereocenters. The number of hydrogen-bond acceptors (Lipinski definition) is 5. The van der Waals surface area contributed by atoms with Gasteiger partial charge < -0.3 is 14.0 Å². The number of imidazole rings is 1. The first kappa shape index (κ1) is 23.4. The molecule has 0 radical (unpaired) electrons. The molecule has 1 aromatic heterocycles. The summed E-state index contributed by atoms with van der Waals surface area (Å²) in [6.07, 6.45) is 5.61. The molecular weight excluding hydrogens is 442 g/mol. The molecule has 1 aliphatic heterocycles. The summed E-state index contributed by atoms with van der Waals surface area (Å²) in [4.78, 5) is 31.6. The number of nitrogens with zero attached hydrogens (tertiary/aromatic N) is 3. The zero-order valence-corrected chi connectivity index (χ0v) is 20.7. The molecule has 1 fully saturated rings. The van der Waals surface area contributed by atoms with Crippen LogP contribution in [0.3, 0.4) is 0 Å². The smallest absolute Gasteiger partial charge is 0.414 e. The van der Waals surface area contributed by atoms with Crippen molar-refractivity contribution in [2.24, 2.45) is 5.92 Å². The molecule has 0 saturated heterocycles. The normalized spacial score (nSPS) is 22.0. The van der Waals surface area contributed by atoms with Crippen LogP contribution in [0, 0.1) is 5.92 Å². The third-order valence-electron chi connectivity index (χ3n) is 7.70. The van der Waals surface area contributed by atoms with Crippen molar-refractivity contribution in [3.05, 3.63) is 59.4 Å². The molecule has 35 heavy (non-hydrogen) atoms. The van der Waals surface area contributed by atoms with Gasteiger partial charge in [0.05, 0.1) is 36.9 Å². The van der Waals surface area contributed by atoms with E-state index in [-0.39, 0.29) is 30.1 Å². The summed E-state index contributed by atoms with van der Waals surface area (Å²) in [5, 5.41) is 0. The SMILES string of the molecule is COC(=O)C1CCC(n2c(Cc3ccccc3)nc3c4c(ccc32)N(C(=O)OC)[C@@H](C)CC4)CC1. The lowest BCUT2D eigenvalue weighted by molar-refractivity contribution is -0.146. The van der Waals surface area contributed by atoms with E-state index in [1.165, 1.54) is 19.8 Å². The Morgan fingerprint density at radius 2 is 1.71 bits per heavy atom. The van der Waals surface area contributed by atoms with Crippen LogP contribution in [0.15, 0.2) is 42.5 Å². The Morgan fingerprint density at radius 3 is 2.40 bits per heavy atom. The summed E-state index contributed by atoms with van der Waals surface area (Å²) in [7, 11) is 2.90. The van der Waals surface area contributed by atoms with Crippen LogP contribution in [0.4, 0.5) is 10.5 Å². The quantitative estimate of drug-likeness (QED) is 0.470. The Kier molecular flexibility index (Phi) is 6.50. The fourth-order valence-corrected chi connectivity index (χ4v) is 5.87. The standard InChI is InChI=1S/C28H33N3O4/c1-18-9-14-22-23(30(18)28(33)35-3)15-16-24-26(22)29-25(17-19-7-5-4-6-8-19)31(24)21-12-10-20(11-13-21)27(32)34-2/h4-8,15-16,18,20-21H,9-14,17H2,1-3H3/t18-,20?,21?/m0/s1. The molecular formula is C28H33N3O4. The first-order valence-corrected chi connectivity index (χ1v) is 12.5. The van der Waals surface area contributed by atoms with Crippen LogP contribution in [0.1, 0.15) is 62.0 Å². The number of ether oxygens (including phenoxy) is 2. The van der Waals surface area contributed by atoms with E-state index in [0.717, 1.165) is 73.1 Å². The van der Waals surface area contributed by atoms with E-state index in [9.17, 15) is 9.59 Å². The van der Waals surface area contributed by atoms with Gasteiger partial charge in [0, 0.05) is 24.1 Å². The number of rotatable bonds is 4. The summed E-state index contributed by atoms with van der Waals surface area (Å²) in [5.74, 6) is 0.908. The van der Waals surface area contributed by atoms with Gasteiger partial charge in [0.15, 0.2) is 0 Å². The highest BCUT2D eigenvalue weighted by atomic mass is 16.5. The third kappa shape index (κ3) is 4.28. The largest absolute Gasteiger partial charge is 0.469 e. The van der Waals surface area contributed by atoms with Crippen molar-refractivity contribution < 1.29 is 19.1 Å². The van der Waals surface area contributed by atoms with E-state index in [2.05, 4.69) is 47.9 Å². The van der Waals surface area contributed by atoms with E-state index < -0.39 is 0 Å². The number of aromatic nitrogens is 2. The maximum Gasteiger partial charge on any atom is 0.414 e. The second-order valence-corrected chi connectivity index (χ2v) is 9.75. The van der Waals surface area contributed by atoms with E-state index >= 15 is 0 Å². The molecule has 7 nitrogen and oxygen atoms in total. The molecule has 1 aliphatic carbocycles. The number of carbonyl (C=O) groups excluding carboxylic acids is 2. The van der Waals surface area contributed by atoms with Gasteiger partial charge in [-0.25, -0.2) is 9.78 Å². The van der Waals surface area contributed by atoms with Crippen molar-refractivity contribution >= 4 is 28.8 Å². The fraction of sp³-hybridized carbons (Fsp3) is 0.464. The number of aryl methyl sites for hydroxylation is 1. The molecule has 184 valence electrons. The van der Waals surface area contributed by atoms with Gasteiger partial charge in [-0.2, -0.15) is 0 Å². The summed E-state index contributed by atoms with van der Waals surface area (Å²) in [6.45, 7) is 2.06. The maximum atomic E-state index is 12.6. The molecule has 7 heteroatoms. The molecule has 5 rings (SSSR count). The van der Waals surface area contributed by atoms with Gasteiger partial charge in [-0.05, 0) is 63.1 Å². The van der Waals surface area contributed by atoms with E-state index in [1.807, 2.05) is 6.07 Å². The van der Waals surface area contributed by atoms with E-state index in [4.69, 9.17) is 14.5 Å². The minimum absolute atomic E-state index is 0.0218. The number of amides is 1. The van der Waals surface area contributed by atoms with Crippen molar-refractivity contribution in [3.63, 3.8) is 0 Å². The van der Waals surface area contributed by atoms with Crippen molar-refractivity contribution in [1.29, 1.82) is 0 Å². The second kappa shape index (κ2) is 9.72. The summed E-state index contributed by atoms with van der Waals surface area (Å²) < 4.78 is 12.5. The highest BCUT2D eigenvalue weighted by Crippen LogP contribution is 2.40. The van der Waals surface area contributed by atoms with Crippen molar-refractivity contribution in [1.82, 2.24) is 9.55 Å². The Hall–Kier alpha value is -3.35. The Morgan fingerprint density at radius 1 is 0.971 bits per heavy atom. The lowest BCUT2D eigenvalue weighted by Gasteiger charge is -2.34. The van der Waals surface area contributed by atoms with Crippen molar-refractivity contribution in [2.75, 3.05) is 19.1 Å². The zero-order valence-electron chi connectivity index (χ0n) is 20.7. The third-order valence-corrected chi connectivity index (χ3v) is 7.70. The van der Waals surface area contributed by atoms with Gasteiger partial charge in [-0.3, -0.25) is 9.69 Å². The molecule has 0 N–H and O–H groups in total. The first-order chi connectivity index (χ1) is 17.0. The van der Waals surface area contributed by atoms with Gasteiger partial charge in [-0.15, -0.1) is 0 Å². The molecule has 2 heterocycles. The van der Waals surface area contributed by atoms with Gasteiger partial charge >= 0.3 is 12.1 Å². The molecule has 0 bridgehead atoms. The van der Waals surface area contributed by atoms with E-state index in [0.29, 0.717) is 0 Å². The Balaban J connectivity index is 1.59. The monoisotopic (exact) mass is 475 g/mol. The predicted molar refractivity (Wildman–Crippen MR) is 135 cm³/mol. The number of esters is 1. The van der Waals surface area contributed by atoms with Crippen molar-refractivity contribution in [3.8, 4) is 0 Å². The number of anilines is 1. The maximum absolute atomic E-state index is 12.6. The average molecular weight is 476 g/mol. The minimum atomic E-state index is -0.331. The molecule has 1 amide bonds. The van der Waals surface area contributed by atoms with Crippen LogP contribution >= 0.6 is 0 Å². The topological polar surface area (TPSA) is 73.7 Å². The predicted octanol–water partition coefficient (Wildman–Crippen LogP) is 5.44. The molecule has 3 aromatic rings. The highest BCUT2D eigenvalue weighted by Gasteiger charge is 2.33. The van der Waals surface area contributed by atoms with Crippen LogP contribution in [-0.4, -0.2) is 41.9 Å². The zero-order chi connectivity index (χ0) is 24.5. The lowest BCUT2D eigenvalue weighted by atomic mass is 9.85. The van der Waals surface area contributed by atoms with Gasteiger partial charge in [0.25, 0.3) is 0 Å². The van der Waals surface area contributed by atoms with Crippen LogP contribution in [0.5, 0.6) is 0 Å². The minimum Gasteiger partial charge on any atom is -0.469 e. The van der Waals surface area contributed by atoms with Crippen LogP contribution in [0.25, 0.3) is 11.0 Å². The summed E-state index contributed by atoms with van der Waals surface area (Å²) >= 11 is 0. The van der Waals surface area contributed by atoms with Crippen LogP contribution in [-0.2, 0) is 27.1 Å². The second-order valence-electron chi connectivity index (χ2n) is 9.75. The number of carbonyl (C=O) groups is 2. The first-order valence-electron chi connectivity index (χ1n) is 12.5. The van der Waals surface area contributed by atoms with Gasteiger partial charge in [-0.1, -0.05) is 30.3 Å². The van der Waals surface area contributed by atoms with Gasteiger partial charge in [0.2, 0.25) is 0 Å². The summed E-state index contributed by atoms with van der Waals surface area (Å²) in [5.41, 5.74) is 5.31. The molecule has 2 aliphatic rings. The van der Waals surface area contributed by atoms with Crippen LogP contribution < -0.4 is 4.90 Å². The Labute approximate surface area is 206 Å². The van der Waals surface area contributed by atoms with Crippen LogP contribution in [0.2, 0.25) is 0 Å². The van der Waals surface area contributed by atoms with Gasteiger partial charge in [0.1, 0.15) is 5.82 Å². The molecule has 1 saturated carbocycles. The number of methoxy groups -OCH3 is 2. The molecule has 2 aromatic carbocycles. The lowest BCUT2D eigenvalue weighted by Crippen LogP contribution is -2.42. The highest BCUT2D eigenvalue weighted by molar-refractivity contribution is 5.95. The fourth-order valence-electron chi connectivity index (χ4n) is 5.87. The summed E-state index contributed by atoms with van der Waals surface area (Å²) in [6, 6.07) is 14.9. The Bertz CT molecular complexity index is 1230. The number of benzene rings is 2. The van der Waals surface area contributed by atoms with E-state index in [1.54, 1.807) is 4.90 Å². The number of hydrogen-bond donors (Lipinski definition) is 0.